The Morgan fingerprint density at radius 1 is 1.06 bits per heavy atom. The fourth-order valence-electron chi connectivity index (χ4n) is 4.95. The molecule has 1 N–H and O–H groups in total. The minimum Gasteiger partial charge on any atom is -0.379 e. The molecule has 12 heteroatoms. The molecule has 1 saturated carbocycles. The minimum absolute atomic E-state index is 0.148. The van der Waals surface area contributed by atoms with Gasteiger partial charge in [-0.2, -0.15) is 0 Å². The highest BCUT2D eigenvalue weighted by atomic mass is 32.2. The van der Waals surface area contributed by atoms with Crippen LogP contribution < -0.4 is 4.72 Å². The van der Waals surface area contributed by atoms with Crippen LogP contribution in [0, 0.1) is 6.92 Å². The predicted molar refractivity (Wildman–Crippen MR) is 130 cm³/mol. The summed E-state index contributed by atoms with van der Waals surface area (Å²) in [7, 11) is -0.531. The summed E-state index contributed by atoms with van der Waals surface area (Å²) in [5.74, 6) is 0.783. The number of aromatic nitrogens is 5. The van der Waals surface area contributed by atoms with E-state index in [0.717, 1.165) is 37.7 Å². The Morgan fingerprint density at radius 2 is 1.71 bits per heavy atom. The molecule has 11 nitrogen and oxygen atoms in total. The SMILES string of the molecule is CO[C@H]1CCC[C@@H](OC)[C@@H]1n1c(NS(=O)(=O)[C@@H](C)[C@H](C)c2ncc(C)cn2)nnc1[C@H]1CCCO1. The first-order valence-electron chi connectivity index (χ1n) is 12.2. The molecule has 3 heterocycles. The molecule has 0 aromatic carbocycles. The van der Waals surface area contributed by atoms with Crippen molar-refractivity contribution in [1.29, 1.82) is 0 Å². The Labute approximate surface area is 207 Å². The topological polar surface area (TPSA) is 130 Å². The average Bonchev–Trinajstić information content (AvgIpc) is 3.52. The lowest BCUT2D eigenvalue weighted by atomic mass is 9.89. The van der Waals surface area contributed by atoms with Gasteiger partial charge >= 0.3 is 0 Å². The van der Waals surface area contributed by atoms with Crippen LogP contribution in [-0.4, -0.2) is 71.4 Å². The highest BCUT2D eigenvalue weighted by Crippen LogP contribution is 2.39. The van der Waals surface area contributed by atoms with Crippen LogP contribution in [0.2, 0.25) is 0 Å². The van der Waals surface area contributed by atoms with Crippen molar-refractivity contribution in [3.63, 3.8) is 0 Å². The number of nitrogens with zero attached hydrogens (tertiary/aromatic N) is 5. The first-order chi connectivity index (χ1) is 16.8. The molecule has 1 aliphatic carbocycles. The average molecular weight is 509 g/mol. The Kier molecular flexibility index (Phi) is 8.04. The van der Waals surface area contributed by atoms with Gasteiger partial charge in [0, 0.05) is 39.1 Å². The van der Waals surface area contributed by atoms with E-state index in [2.05, 4.69) is 24.9 Å². The fraction of sp³-hybridized carbons (Fsp3) is 0.739. The Morgan fingerprint density at radius 3 is 2.29 bits per heavy atom. The molecule has 0 spiro atoms. The van der Waals surface area contributed by atoms with E-state index in [9.17, 15) is 8.42 Å². The number of aryl methyl sites for hydroxylation is 1. The molecule has 0 amide bonds. The molecule has 2 aliphatic rings. The van der Waals surface area contributed by atoms with Gasteiger partial charge in [-0.25, -0.2) is 18.4 Å². The molecule has 2 aromatic rings. The molecule has 6 atom stereocenters. The Hall–Kier alpha value is -2.15. The fourth-order valence-corrected chi connectivity index (χ4v) is 6.19. The van der Waals surface area contributed by atoms with E-state index >= 15 is 0 Å². The lowest BCUT2D eigenvalue weighted by molar-refractivity contribution is -0.0580. The van der Waals surface area contributed by atoms with Crippen molar-refractivity contribution in [2.24, 2.45) is 0 Å². The van der Waals surface area contributed by atoms with Gasteiger partial charge in [-0.15, -0.1) is 10.2 Å². The summed E-state index contributed by atoms with van der Waals surface area (Å²) in [6.45, 7) is 5.98. The zero-order valence-electron chi connectivity index (χ0n) is 21.0. The van der Waals surface area contributed by atoms with E-state index in [1.54, 1.807) is 40.5 Å². The number of sulfonamides is 1. The summed E-state index contributed by atoms with van der Waals surface area (Å²) in [4.78, 5) is 8.65. The maximum absolute atomic E-state index is 13.5. The summed E-state index contributed by atoms with van der Waals surface area (Å²) in [6.07, 6.45) is 7.09. The number of nitrogens with one attached hydrogen (secondary N) is 1. The summed E-state index contributed by atoms with van der Waals surface area (Å²) < 4.78 is 49.1. The lowest BCUT2D eigenvalue weighted by Gasteiger charge is -2.38. The van der Waals surface area contributed by atoms with E-state index in [4.69, 9.17) is 14.2 Å². The highest BCUT2D eigenvalue weighted by molar-refractivity contribution is 7.93. The van der Waals surface area contributed by atoms with E-state index < -0.39 is 21.2 Å². The first kappa shape index (κ1) is 25.9. The van der Waals surface area contributed by atoms with E-state index in [-0.39, 0.29) is 30.3 Å². The standard InChI is InChI=1S/C23H36N6O5S/c1-14-12-24-21(25-13-14)15(2)16(3)35(30,31)28-23-27-26-22(19-10-7-11-34-19)29(23)20-17(32-4)8-6-9-18(20)33-5/h12-13,15-20H,6-11H2,1-5H3,(H,27,28)/t15-,16-,17-,18+,19+,20+/m0/s1. The summed E-state index contributed by atoms with van der Waals surface area (Å²) >= 11 is 0. The van der Waals surface area contributed by atoms with Crippen molar-refractivity contribution in [2.75, 3.05) is 25.5 Å². The van der Waals surface area contributed by atoms with Crippen molar-refractivity contribution in [3.05, 3.63) is 29.6 Å². The molecule has 1 saturated heterocycles. The molecule has 1 aliphatic heterocycles. The van der Waals surface area contributed by atoms with Crippen molar-refractivity contribution in [2.45, 2.75) is 88.4 Å². The molecule has 194 valence electrons. The quantitative estimate of drug-likeness (QED) is 0.543. The van der Waals surface area contributed by atoms with Crippen LogP contribution in [0.4, 0.5) is 5.95 Å². The van der Waals surface area contributed by atoms with Crippen molar-refractivity contribution in [3.8, 4) is 0 Å². The van der Waals surface area contributed by atoms with E-state index in [0.29, 0.717) is 18.3 Å². The number of methoxy groups -OCH3 is 2. The minimum atomic E-state index is -3.87. The van der Waals surface area contributed by atoms with Gasteiger partial charge in [0.05, 0.1) is 23.5 Å². The maximum Gasteiger partial charge on any atom is 0.238 e. The third-order valence-electron chi connectivity index (χ3n) is 7.22. The summed E-state index contributed by atoms with van der Waals surface area (Å²) in [5, 5.41) is 7.86. The zero-order valence-corrected chi connectivity index (χ0v) is 21.9. The van der Waals surface area contributed by atoms with Gasteiger partial charge < -0.3 is 14.2 Å². The van der Waals surface area contributed by atoms with Crippen molar-refractivity contribution >= 4 is 16.0 Å². The lowest BCUT2D eigenvalue weighted by Crippen LogP contribution is -2.42. The third-order valence-corrected chi connectivity index (χ3v) is 9.07. The van der Waals surface area contributed by atoms with Crippen LogP contribution in [0.5, 0.6) is 0 Å². The van der Waals surface area contributed by atoms with E-state index in [1.165, 1.54) is 0 Å². The molecular formula is C23H36N6O5S. The number of rotatable bonds is 9. The van der Waals surface area contributed by atoms with Gasteiger partial charge in [-0.05, 0) is 51.5 Å². The summed E-state index contributed by atoms with van der Waals surface area (Å²) in [6, 6.07) is -0.293. The van der Waals surface area contributed by atoms with Gasteiger partial charge in [-0.1, -0.05) is 6.92 Å². The van der Waals surface area contributed by atoms with Gasteiger partial charge in [0.25, 0.3) is 0 Å². The van der Waals surface area contributed by atoms with Crippen LogP contribution in [-0.2, 0) is 24.2 Å². The first-order valence-corrected chi connectivity index (χ1v) is 13.7. The normalized spacial score (nSPS) is 27.0. The van der Waals surface area contributed by atoms with Gasteiger partial charge in [-0.3, -0.25) is 9.29 Å². The van der Waals surface area contributed by atoms with E-state index in [1.807, 2.05) is 11.5 Å². The van der Waals surface area contributed by atoms with Crippen molar-refractivity contribution in [1.82, 2.24) is 24.7 Å². The number of hydrogen-bond donors (Lipinski definition) is 1. The molecule has 0 unspecified atom stereocenters. The maximum atomic E-state index is 13.5. The number of hydrogen-bond acceptors (Lipinski definition) is 9. The van der Waals surface area contributed by atoms with Gasteiger partial charge in [0.1, 0.15) is 11.9 Å². The van der Waals surface area contributed by atoms with Gasteiger partial charge in [0.15, 0.2) is 5.82 Å². The molecule has 0 radical (unpaired) electrons. The van der Waals surface area contributed by atoms with Crippen LogP contribution in [0.3, 0.4) is 0 Å². The molecule has 4 rings (SSSR count). The highest BCUT2D eigenvalue weighted by Gasteiger charge is 2.41. The molecule has 2 aromatic heterocycles. The smallest absolute Gasteiger partial charge is 0.238 e. The second kappa shape index (κ2) is 10.9. The summed E-state index contributed by atoms with van der Waals surface area (Å²) in [5.41, 5.74) is 0.914. The zero-order chi connectivity index (χ0) is 25.2. The van der Waals surface area contributed by atoms with Gasteiger partial charge in [0.2, 0.25) is 16.0 Å². The largest absolute Gasteiger partial charge is 0.379 e. The molecule has 2 fully saturated rings. The predicted octanol–water partition coefficient (Wildman–Crippen LogP) is 2.92. The Bertz CT molecular complexity index is 1070. The second-order valence-corrected chi connectivity index (χ2v) is 11.5. The number of ether oxygens (including phenoxy) is 3. The van der Waals surface area contributed by atoms with Crippen LogP contribution in [0.25, 0.3) is 0 Å². The second-order valence-electron chi connectivity index (χ2n) is 9.48. The van der Waals surface area contributed by atoms with Crippen LogP contribution in [0.1, 0.15) is 81.2 Å². The molecule has 35 heavy (non-hydrogen) atoms. The third kappa shape index (κ3) is 5.35. The Balaban J connectivity index is 1.69. The molecular weight excluding hydrogens is 472 g/mol. The molecule has 0 bridgehead atoms. The van der Waals surface area contributed by atoms with Crippen LogP contribution >= 0.6 is 0 Å². The van der Waals surface area contributed by atoms with Crippen molar-refractivity contribution < 1.29 is 22.6 Å². The van der Waals surface area contributed by atoms with Crippen LogP contribution in [0.15, 0.2) is 12.4 Å². The number of anilines is 1. The monoisotopic (exact) mass is 508 g/mol.